The smallest absolute Gasteiger partial charge is 0.138 e. The molecule has 0 bridgehead atoms. The Hall–Kier alpha value is -4.51. The van der Waals surface area contributed by atoms with Crippen molar-refractivity contribution in [1.82, 2.24) is 14.5 Å². The van der Waals surface area contributed by atoms with Crippen LogP contribution in [0.5, 0.6) is 5.75 Å². The highest BCUT2D eigenvalue weighted by molar-refractivity contribution is 6.11. The van der Waals surface area contributed by atoms with Crippen LogP contribution in [0.2, 0.25) is 0 Å². The number of nitrogens with zero attached hydrogens (tertiary/aromatic N) is 3. The van der Waals surface area contributed by atoms with E-state index in [1.807, 2.05) is 31.2 Å². The molecule has 236 valence electrons. The molecule has 0 radical (unpaired) electrons. The summed E-state index contributed by atoms with van der Waals surface area (Å²) in [7, 11) is 0. The van der Waals surface area contributed by atoms with Crippen molar-refractivity contribution in [2.24, 2.45) is 0 Å². The second-order valence-corrected chi connectivity index (χ2v) is 15.7. The lowest BCUT2D eigenvalue weighted by molar-refractivity contribution is 0.473. The van der Waals surface area contributed by atoms with Crippen LogP contribution in [-0.2, 0) is 16.2 Å². The number of aromatic hydroxyl groups is 1. The number of aryl methyl sites for hydroxylation is 1. The van der Waals surface area contributed by atoms with Crippen molar-refractivity contribution in [2.75, 3.05) is 0 Å². The van der Waals surface area contributed by atoms with Crippen LogP contribution in [0.15, 0.2) is 79.0 Å². The number of phenols is 1. The molecule has 3 aromatic heterocycles. The molecule has 0 amide bonds. The topological polar surface area (TPSA) is 50.9 Å². The molecule has 6 rings (SSSR count). The zero-order chi connectivity index (χ0) is 33.3. The van der Waals surface area contributed by atoms with Gasteiger partial charge in [-0.05, 0) is 93.5 Å². The highest BCUT2D eigenvalue weighted by atomic mass is 19.1. The monoisotopic (exact) mass is 613 g/mol. The number of pyridine rings is 2. The Morgan fingerprint density at radius 3 is 2.00 bits per heavy atom. The average Bonchev–Trinajstić information content (AvgIpc) is 3.29. The van der Waals surface area contributed by atoms with E-state index in [2.05, 4.69) is 108 Å². The third-order valence-corrected chi connectivity index (χ3v) is 9.00. The van der Waals surface area contributed by atoms with E-state index in [1.165, 1.54) is 23.9 Å². The number of fused-ring (bicyclic) bond motifs is 3. The van der Waals surface area contributed by atoms with E-state index < -0.39 is 0 Å². The van der Waals surface area contributed by atoms with E-state index in [4.69, 9.17) is 4.98 Å². The number of halogens is 1. The molecule has 0 atom stereocenters. The molecule has 0 fully saturated rings. The van der Waals surface area contributed by atoms with Crippen LogP contribution in [0.1, 0.15) is 84.6 Å². The first-order chi connectivity index (χ1) is 21.4. The van der Waals surface area contributed by atoms with Crippen LogP contribution in [-0.4, -0.2) is 19.6 Å². The van der Waals surface area contributed by atoms with Crippen molar-refractivity contribution >= 4 is 21.8 Å². The minimum Gasteiger partial charge on any atom is -0.507 e. The fourth-order valence-electron chi connectivity index (χ4n) is 6.24. The van der Waals surface area contributed by atoms with E-state index in [9.17, 15) is 9.50 Å². The standard InChI is InChI=1S/C41H44FN3O/c1-24-12-11-13-28(38(24)46)29-23-36-31(22-32(29)41(8,9)10)30-18-25(39(2,3)4)14-15-35(30)45(36)37-20-26(40(5,6)7)19-34(44-37)33-21-27(42)16-17-43-33/h11-23,46H,1-10H3. The van der Waals surface area contributed by atoms with E-state index >= 15 is 0 Å². The molecular weight excluding hydrogens is 569 g/mol. The third kappa shape index (κ3) is 5.57. The van der Waals surface area contributed by atoms with Gasteiger partial charge in [0, 0.05) is 28.6 Å². The van der Waals surface area contributed by atoms with Crippen molar-refractivity contribution in [3.8, 4) is 34.1 Å². The van der Waals surface area contributed by atoms with Crippen molar-refractivity contribution < 1.29 is 9.50 Å². The van der Waals surface area contributed by atoms with E-state index in [-0.39, 0.29) is 27.8 Å². The first kappa shape index (κ1) is 31.5. The van der Waals surface area contributed by atoms with Gasteiger partial charge in [0.25, 0.3) is 0 Å². The molecule has 0 spiro atoms. The number of rotatable bonds is 3. The summed E-state index contributed by atoms with van der Waals surface area (Å²) >= 11 is 0. The first-order valence-corrected chi connectivity index (χ1v) is 16.0. The molecule has 0 aliphatic carbocycles. The van der Waals surface area contributed by atoms with Crippen LogP contribution in [0, 0.1) is 12.7 Å². The zero-order valence-corrected chi connectivity index (χ0v) is 28.7. The summed E-state index contributed by atoms with van der Waals surface area (Å²) < 4.78 is 16.6. The number of benzene rings is 3. The fraction of sp³-hybridized carbons (Fsp3) is 0.317. The Kier molecular flexibility index (Phi) is 7.38. The molecule has 0 saturated heterocycles. The van der Waals surface area contributed by atoms with Gasteiger partial charge in [0.1, 0.15) is 17.4 Å². The molecule has 46 heavy (non-hydrogen) atoms. The lowest BCUT2D eigenvalue weighted by Gasteiger charge is -2.25. The molecule has 6 aromatic rings. The molecule has 0 unspecified atom stereocenters. The van der Waals surface area contributed by atoms with Gasteiger partial charge in [-0.1, -0.05) is 86.6 Å². The third-order valence-electron chi connectivity index (χ3n) is 9.00. The molecule has 1 N–H and O–H groups in total. The summed E-state index contributed by atoms with van der Waals surface area (Å²) in [5, 5.41) is 13.6. The number of hydrogen-bond acceptors (Lipinski definition) is 3. The van der Waals surface area contributed by atoms with Gasteiger partial charge in [0.05, 0.1) is 22.4 Å². The van der Waals surface area contributed by atoms with Crippen LogP contribution in [0.4, 0.5) is 4.39 Å². The predicted octanol–water partition coefficient (Wildman–Crippen LogP) is 11.0. The zero-order valence-electron chi connectivity index (χ0n) is 28.7. The fourth-order valence-corrected chi connectivity index (χ4v) is 6.24. The maximum absolute atomic E-state index is 14.4. The number of hydrogen-bond donors (Lipinski definition) is 1. The van der Waals surface area contributed by atoms with Gasteiger partial charge in [-0.15, -0.1) is 0 Å². The molecule has 0 aliphatic heterocycles. The summed E-state index contributed by atoms with van der Waals surface area (Å²) in [4.78, 5) is 9.65. The Morgan fingerprint density at radius 1 is 0.652 bits per heavy atom. The molecule has 0 saturated carbocycles. The lowest BCUT2D eigenvalue weighted by atomic mass is 9.80. The number of aromatic nitrogens is 3. The predicted molar refractivity (Wildman–Crippen MR) is 190 cm³/mol. The van der Waals surface area contributed by atoms with Gasteiger partial charge in [-0.3, -0.25) is 9.55 Å². The average molecular weight is 614 g/mol. The molecule has 0 aliphatic rings. The van der Waals surface area contributed by atoms with Crippen LogP contribution in [0.3, 0.4) is 0 Å². The van der Waals surface area contributed by atoms with Crippen molar-refractivity contribution in [1.29, 1.82) is 0 Å². The second kappa shape index (κ2) is 10.8. The van der Waals surface area contributed by atoms with Crippen LogP contribution >= 0.6 is 0 Å². The Morgan fingerprint density at radius 2 is 1.35 bits per heavy atom. The van der Waals surface area contributed by atoms with Gasteiger partial charge in [0.15, 0.2) is 0 Å². The SMILES string of the molecule is Cc1cccc(-c2cc3c(cc2C(C)(C)C)c2cc(C(C)(C)C)ccc2n3-c2cc(C(C)(C)C)cc(-c3cc(F)ccn3)n2)c1O. The summed E-state index contributed by atoms with van der Waals surface area (Å²) in [6, 6.07) is 24.1. The highest BCUT2D eigenvalue weighted by Crippen LogP contribution is 2.44. The lowest BCUT2D eigenvalue weighted by Crippen LogP contribution is -2.14. The Bertz CT molecular complexity index is 2140. The first-order valence-electron chi connectivity index (χ1n) is 16.0. The second-order valence-electron chi connectivity index (χ2n) is 15.7. The van der Waals surface area contributed by atoms with Crippen molar-refractivity contribution in [2.45, 2.75) is 85.5 Å². The summed E-state index contributed by atoms with van der Waals surface area (Å²) in [6.07, 6.45) is 1.49. The Labute approximate surface area is 272 Å². The normalized spacial score (nSPS) is 12.8. The van der Waals surface area contributed by atoms with Crippen molar-refractivity contribution in [3.05, 3.63) is 107 Å². The number of phenolic OH excluding ortho intramolecular Hbond substituents is 1. The minimum absolute atomic E-state index is 0.0383. The molecule has 5 heteroatoms. The molecule has 3 heterocycles. The van der Waals surface area contributed by atoms with Crippen LogP contribution < -0.4 is 0 Å². The largest absolute Gasteiger partial charge is 0.507 e. The molecule has 4 nitrogen and oxygen atoms in total. The number of para-hydroxylation sites is 1. The van der Waals surface area contributed by atoms with Gasteiger partial charge in [-0.2, -0.15) is 0 Å². The van der Waals surface area contributed by atoms with Gasteiger partial charge in [0.2, 0.25) is 0 Å². The summed E-state index contributed by atoms with van der Waals surface area (Å²) in [5.74, 6) is 0.677. The molecular formula is C41H44FN3O. The van der Waals surface area contributed by atoms with E-state index in [0.717, 1.165) is 55.4 Å². The summed E-state index contributed by atoms with van der Waals surface area (Å²) in [6.45, 7) is 21.8. The van der Waals surface area contributed by atoms with E-state index in [1.54, 1.807) is 0 Å². The quantitative estimate of drug-likeness (QED) is 0.216. The summed E-state index contributed by atoms with van der Waals surface area (Å²) in [5.41, 5.74) is 8.79. The molecule has 3 aromatic carbocycles. The maximum atomic E-state index is 14.4. The van der Waals surface area contributed by atoms with Crippen LogP contribution in [0.25, 0.3) is 50.1 Å². The van der Waals surface area contributed by atoms with E-state index in [0.29, 0.717) is 11.4 Å². The van der Waals surface area contributed by atoms with Gasteiger partial charge in [-0.25, -0.2) is 9.37 Å². The maximum Gasteiger partial charge on any atom is 0.138 e. The highest BCUT2D eigenvalue weighted by Gasteiger charge is 2.27. The minimum atomic E-state index is -0.349. The van der Waals surface area contributed by atoms with Crippen molar-refractivity contribution in [3.63, 3.8) is 0 Å². The van der Waals surface area contributed by atoms with Gasteiger partial charge >= 0.3 is 0 Å². The Balaban J connectivity index is 1.79. The van der Waals surface area contributed by atoms with Gasteiger partial charge < -0.3 is 5.11 Å².